The molecule has 1 aromatic rings. The van der Waals surface area contributed by atoms with Crippen LogP contribution in [-0.4, -0.2) is 40.0 Å². The van der Waals surface area contributed by atoms with E-state index in [1.165, 1.54) is 11.0 Å². The van der Waals surface area contributed by atoms with E-state index in [2.05, 4.69) is 0 Å². The van der Waals surface area contributed by atoms with Crippen LogP contribution in [0.5, 0.6) is 0 Å². The Morgan fingerprint density at radius 1 is 1.55 bits per heavy atom. The predicted molar refractivity (Wildman–Crippen MR) is 76.1 cm³/mol. The zero-order chi connectivity index (χ0) is 14.9. The number of carbonyl (C=O) groups excluding carboxylic acids is 1. The molecule has 1 aliphatic rings. The van der Waals surface area contributed by atoms with Crippen LogP contribution in [0.25, 0.3) is 0 Å². The smallest absolute Gasteiger partial charge is 0.283 e. The molecule has 110 valence electrons. The van der Waals surface area contributed by atoms with Gasteiger partial charge < -0.3 is 10.0 Å². The predicted octanol–water partition coefficient (Wildman–Crippen LogP) is 2.34. The van der Waals surface area contributed by atoms with E-state index in [0.717, 1.165) is 24.2 Å². The van der Waals surface area contributed by atoms with Crippen LogP contribution < -0.4 is 0 Å². The fraction of sp³-hybridized carbons (Fsp3) is 0.615. The van der Waals surface area contributed by atoms with Crippen molar-refractivity contribution in [3.05, 3.63) is 25.9 Å². The van der Waals surface area contributed by atoms with Crippen molar-refractivity contribution in [1.29, 1.82) is 0 Å². The van der Waals surface area contributed by atoms with Gasteiger partial charge in [-0.15, -0.1) is 11.3 Å². The summed E-state index contributed by atoms with van der Waals surface area (Å²) in [5, 5.41) is 21.1. The van der Waals surface area contributed by atoms with Gasteiger partial charge in [-0.05, 0) is 19.8 Å². The molecule has 1 fully saturated rings. The molecule has 0 atom stereocenters. The largest absolute Gasteiger partial charge is 0.388 e. The number of hydrogen-bond acceptors (Lipinski definition) is 5. The van der Waals surface area contributed by atoms with Gasteiger partial charge in [-0.1, -0.05) is 12.8 Å². The summed E-state index contributed by atoms with van der Waals surface area (Å²) in [5.74, 6) is -0.272. The van der Waals surface area contributed by atoms with Crippen molar-refractivity contribution >= 4 is 22.9 Å². The second-order valence-electron chi connectivity index (χ2n) is 5.40. The molecule has 1 amide bonds. The molecule has 1 N–H and O–H groups in total. The number of hydrogen-bond donors (Lipinski definition) is 1. The molecule has 2 rings (SSSR count). The van der Waals surface area contributed by atoms with E-state index in [9.17, 15) is 20.0 Å². The molecule has 6 nitrogen and oxygen atoms in total. The number of nitrogens with zero attached hydrogens (tertiary/aromatic N) is 2. The van der Waals surface area contributed by atoms with E-state index >= 15 is 0 Å². The van der Waals surface area contributed by atoms with Crippen molar-refractivity contribution in [1.82, 2.24) is 4.90 Å². The summed E-state index contributed by atoms with van der Waals surface area (Å²) in [5.41, 5.74) is -0.825. The highest BCUT2D eigenvalue weighted by Gasteiger charge is 2.34. The van der Waals surface area contributed by atoms with Gasteiger partial charge in [-0.3, -0.25) is 14.9 Å². The zero-order valence-corrected chi connectivity index (χ0v) is 12.4. The maximum absolute atomic E-state index is 12.3. The van der Waals surface area contributed by atoms with Gasteiger partial charge in [-0.25, -0.2) is 0 Å². The molecule has 7 heteroatoms. The summed E-state index contributed by atoms with van der Waals surface area (Å²) in [6, 6.07) is 1.32. The Kier molecular flexibility index (Phi) is 4.10. The van der Waals surface area contributed by atoms with E-state index in [0.29, 0.717) is 22.6 Å². The second kappa shape index (κ2) is 5.49. The molecule has 0 spiro atoms. The van der Waals surface area contributed by atoms with Crippen molar-refractivity contribution in [2.45, 2.75) is 38.2 Å². The van der Waals surface area contributed by atoms with Crippen molar-refractivity contribution in [2.75, 3.05) is 13.6 Å². The highest BCUT2D eigenvalue weighted by molar-refractivity contribution is 7.14. The standard InChI is InChI=1S/C13H18N2O4S/c1-9-10(15(18)19)7-11(20-9)12(16)14(2)8-13(17)5-3-4-6-13/h7,17H,3-6,8H2,1-2H3. The minimum atomic E-state index is -0.803. The van der Waals surface area contributed by atoms with Gasteiger partial charge in [0.2, 0.25) is 0 Å². The Bertz CT molecular complexity index is 534. The van der Waals surface area contributed by atoms with Gasteiger partial charge in [0.15, 0.2) is 0 Å². The van der Waals surface area contributed by atoms with E-state index < -0.39 is 10.5 Å². The van der Waals surface area contributed by atoms with Crippen molar-refractivity contribution in [2.24, 2.45) is 0 Å². The number of carbonyl (C=O) groups is 1. The van der Waals surface area contributed by atoms with Crippen LogP contribution in [0.1, 0.15) is 40.2 Å². The first-order chi connectivity index (χ1) is 9.32. The van der Waals surface area contributed by atoms with Crippen LogP contribution in [0, 0.1) is 17.0 Å². The summed E-state index contributed by atoms with van der Waals surface area (Å²) >= 11 is 1.12. The van der Waals surface area contributed by atoms with Crippen molar-refractivity contribution < 1.29 is 14.8 Å². The number of aliphatic hydroxyl groups is 1. The molecule has 1 saturated carbocycles. The van der Waals surface area contributed by atoms with Gasteiger partial charge in [0.25, 0.3) is 11.6 Å². The highest BCUT2D eigenvalue weighted by Crippen LogP contribution is 2.32. The molecule has 1 aromatic heterocycles. The summed E-state index contributed by atoms with van der Waals surface area (Å²) < 4.78 is 0. The number of thiophene rings is 1. The normalized spacial score (nSPS) is 17.1. The Morgan fingerprint density at radius 3 is 2.65 bits per heavy atom. The summed E-state index contributed by atoms with van der Waals surface area (Å²) in [6.07, 6.45) is 3.35. The topological polar surface area (TPSA) is 83.7 Å². The van der Waals surface area contributed by atoms with Gasteiger partial charge >= 0.3 is 0 Å². The summed E-state index contributed by atoms with van der Waals surface area (Å²) in [7, 11) is 1.62. The minimum absolute atomic E-state index is 0.0219. The number of aryl methyl sites for hydroxylation is 1. The zero-order valence-electron chi connectivity index (χ0n) is 11.6. The third-order valence-electron chi connectivity index (χ3n) is 3.71. The highest BCUT2D eigenvalue weighted by atomic mass is 32.1. The molecular weight excluding hydrogens is 280 g/mol. The lowest BCUT2D eigenvalue weighted by Crippen LogP contribution is -2.41. The van der Waals surface area contributed by atoms with E-state index in [1.54, 1.807) is 14.0 Å². The molecule has 0 bridgehead atoms. The fourth-order valence-electron chi connectivity index (χ4n) is 2.65. The molecule has 0 radical (unpaired) electrons. The first kappa shape index (κ1) is 14.9. The summed E-state index contributed by atoms with van der Waals surface area (Å²) in [4.78, 5) is 24.9. The monoisotopic (exact) mass is 298 g/mol. The number of amides is 1. The van der Waals surface area contributed by atoms with E-state index in [4.69, 9.17) is 0 Å². The maximum Gasteiger partial charge on any atom is 0.283 e. The molecule has 0 unspecified atom stereocenters. The average molecular weight is 298 g/mol. The number of rotatable bonds is 4. The van der Waals surface area contributed by atoms with Crippen LogP contribution >= 0.6 is 11.3 Å². The molecule has 1 aliphatic carbocycles. The Labute approximate surface area is 121 Å². The second-order valence-corrected chi connectivity index (χ2v) is 6.66. The lowest BCUT2D eigenvalue weighted by atomic mass is 10.0. The van der Waals surface area contributed by atoms with Crippen LogP contribution in [-0.2, 0) is 0 Å². The van der Waals surface area contributed by atoms with E-state index in [1.807, 2.05) is 0 Å². The minimum Gasteiger partial charge on any atom is -0.388 e. The number of likely N-dealkylation sites (N-methyl/N-ethyl adjacent to an activating group) is 1. The lowest BCUT2D eigenvalue weighted by molar-refractivity contribution is -0.385. The van der Waals surface area contributed by atoms with Gasteiger partial charge in [0.05, 0.1) is 20.3 Å². The van der Waals surface area contributed by atoms with Crippen LogP contribution in [0.2, 0.25) is 0 Å². The molecule has 20 heavy (non-hydrogen) atoms. The van der Waals surface area contributed by atoms with Crippen LogP contribution in [0.3, 0.4) is 0 Å². The third kappa shape index (κ3) is 2.99. The SMILES string of the molecule is Cc1sc(C(=O)N(C)CC2(O)CCCC2)cc1[N+](=O)[O-]. The van der Waals surface area contributed by atoms with Gasteiger partial charge in [0, 0.05) is 19.7 Å². The lowest BCUT2D eigenvalue weighted by Gasteiger charge is -2.28. The van der Waals surface area contributed by atoms with Crippen molar-refractivity contribution in [3.63, 3.8) is 0 Å². The Balaban J connectivity index is 2.10. The van der Waals surface area contributed by atoms with Gasteiger partial charge in [-0.2, -0.15) is 0 Å². The maximum atomic E-state index is 12.3. The quantitative estimate of drug-likeness (QED) is 0.683. The van der Waals surface area contributed by atoms with Crippen LogP contribution in [0.15, 0.2) is 6.07 Å². The Hall–Kier alpha value is -1.47. The average Bonchev–Trinajstić information content (AvgIpc) is 2.94. The van der Waals surface area contributed by atoms with Gasteiger partial charge in [0.1, 0.15) is 0 Å². The summed E-state index contributed by atoms with van der Waals surface area (Å²) in [6.45, 7) is 1.90. The van der Waals surface area contributed by atoms with Crippen molar-refractivity contribution in [3.8, 4) is 0 Å². The molecule has 0 aliphatic heterocycles. The van der Waals surface area contributed by atoms with E-state index in [-0.39, 0.29) is 18.1 Å². The third-order valence-corrected chi connectivity index (χ3v) is 4.74. The molecular formula is C13H18N2O4S. The molecule has 1 heterocycles. The first-order valence-electron chi connectivity index (χ1n) is 6.55. The number of nitro groups is 1. The molecule has 0 saturated heterocycles. The fourth-order valence-corrected chi connectivity index (χ4v) is 3.63. The first-order valence-corrected chi connectivity index (χ1v) is 7.37. The van der Waals surface area contributed by atoms with Crippen LogP contribution in [0.4, 0.5) is 5.69 Å². The Morgan fingerprint density at radius 2 is 2.15 bits per heavy atom. The molecule has 0 aromatic carbocycles.